The van der Waals surface area contributed by atoms with E-state index >= 15 is 0 Å². The largest absolute Gasteiger partial charge is 0.480 e. The highest BCUT2D eigenvalue weighted by molar-refractivity contribution is 5.96. The summed E-state index contributed by atoms with van der Waals surface area (Å²) in [6.45, 7) is 5.43. The fourth-order valence-electron chi connectivity index (χ4n) is 3.38. The lowest BCUT2D eigenvalue weighted by atomic mass is 9.96. The molecule has 1 aromatic rings. The topological polar surface area (TPSA) is 72.9 Å². The number of hydrogen-bond donors (Lipinski definition) is 1. The van der Waals surface area contributed by atoms with Gasteiger partial charge in [-0.05, 0) is 18.6 Å². The van der Waals surface area contributed by atoms with E-state index in [1.54, 1.807) is 18.3 Å². The number of aromatic nitrogens is 1. The van der Waals surface area contributed by atoms with E-state index in [9.17, 15) is 4.79 Å². The van der Waals surface area contributed by atoms with E-state index < -0.39 is 0 Å². The Hall–Kier alpha value is -1.70. The third-order valence-electron chi connectivity index (χ3n) is 4.70. The van der Waals surface area contributed by atoms with Crippen LogP contribution in [0.25, 0.3) is 0 Å². The van der Waals surface area contributed by atoms with Crippen molar-refractivity contribution in [1.29, 1.82) is 0 Å². The van der Waals surface area contributed by atoms with E-state index in [0.29, 0.717) is 23.9 Å². The first-order chi connectivity index (χ1) is 11.8. The molecule has 2 saturated heterocycles. The summed E-state index contributed by atoms with van der Waals surface area (Å²) in [4.78, 5) is 19.0. The summed E-state index contributed by atoms with van der Waals surface area (Å²) in [5.41, 5.74) is 0.461. The molecule has 132 valence electrons. The molecule has 1 amide bonds. The molecule has 3 heterocycles. The van der Waals surface area contributed by atoms with Gasteiger partial charge in [-0.3, -0.25) is 9.69 Å². The van der Waals surface area contributed by atoms with Gasteiger partial charge in [0.15, 0.2) is 0 Å². The SMILES string of the molecule is COc1ncccc1C(=O)NCC(C1CCOC1)N1CCOCC1. The number of nitrogens with zero attached hydrogens (tertiary/aromatic N) is 2. The van der Waals surface area contributed by atoms with Crippen LogP contribution >= 0.6 is 0 Å². The van der Waals surface area contributed by atoms with Gasteiger partial charge >= 0.3 is 0 Å². The molecular weight excluding hydrogens is 310 g/mol. The van der Waals surface area contributed by atoms with Gasteiger partial charge in [0.1, 0.15) is 5.56 Å². The molecule has 2 aliphatic heterocycles. The third kappa shape index (κ3) is 4.03. The van der Waals surface area contributed by atoms with Gasteiger partial charge in [-0.15, -0.1) is 0 Å². The number of pyridine rings is 1. The number of nitrogens with one attached hydrogen (secondary N) is 1. The molecule has 0 saturated carbocycles. The summed E-state index contributed by atoms with van der Waals surface area (Å²) in [5, 5.41) is 3.05. The zero-order chi connectivity index (χ0) is 16.8. The lowest BCUT2D eigenvalue weighted by Gasteiger charge is -2.37. The minimum absolute atomic E-state index is 0.155. The summed E-state index contributed by atoms with van der Waals surface area (Å²) < 4.78 is 16.2. The van der Waals surface area contributed by atoms with Gasteiger partial charge in [-0.25, -0.2) is 4.98 Å². The van der Waals surface area contributed by atoms with Crippen LogP contribution in [0.5, 0.6) is 5.88 Å². The fraction of sp³-hybridized carbons (Fsp3) is 0.647. The smallest absolute Gasteiger partial charge is 0.256 e. The van der Waals surface area contributed by atoms with Crippen molar-refractivity contribution in [2.45, 2.75) is 12.5 Å². The molecule has 3 rings (SSSR count). The number of hydrogen-bond acceptors (Lipinski definition) is 6. The van der Waals surface area contributed by atoms with Crippen LogP contribution in [0.4, 0.5) is 0 Å². The lowest BCUT2D eigenvalue weighted by Crippen LogP contribution is -2.52. The normalized spacial score (nSPS) is 23.0. The average Bonchev–Trinajstić information content (AvgIpc) is 3.17. The van der Waals surface area contributed by atoms with Crippen LogP contribution in [0.15, 0.2) is 18.3 Å². The van der Waals surface area contributed by atoms with Crippen molar-refractivity contribution < 1.29 is 19.0 Å². The second kappa shape index (κ2) is 8.41. The molecule has 0 bridgehead atoms. The predicted molar refractivity (Wildman–Crippen MR) is 88.2 cm³/mol. The summed E-state index contributed by atoms with van der Waals surface area (Å²) in [7, 11) is 1.52. The van der Waals surface area contributed by atoms with Gasteiger partial charge in [0.25, 0.3) is 5.91 Å². The molecule has 2 fully saturated rings. The van der Waals surface area contributed by atoms with Crippen LogP contribution in [0, 0.1) is 5.92 Å². The Morgan fingerprint density at radius 2 is 2.25 bits per heavy atom. The zero-order valence-corrected chi connectivity index (χ0v) is 14.1. The Labute approximate surface area is 142 Å². The van der Waals surface area contributed by atoms with Crippen molar-refractivity contribution in [3.8, 4) is 5.88 Å². The van der Waals surface area contributed by atoms with Crippen LogP contribution in [0.3, 0.4) is 0 Å². The van der Waals surface area contributed by atoms with Gasteiger partial charge < -0.3 is 19.5 Å². The second-order valence-electron chi connectivity index (χ2n) is 6.11. The Bertz CT molecular complexity index is 542. The second-order valence-corrected chi connectivity index (χ2v) is 6.11. The third-order valence-corrected chi connectivity index (χ3v) is 4.70. The van der Waals surface area contributed by atoms with Crippen molar-refractivity contribution in [1.82, 2.24) is 15.2 Å². The highest BCUT2D eigenvalue weighted by atomic mass is 16.5. The van der Waals surface area contributed by atoms with Gasteiger partial charge in [-0.2, -0.15) is 0 Å². The van der Waals surface area contributed by atoms with E-state index in [4.69, 9.17) is 14.2 Å². The van der Waals surface area contributed by atoms with Gasteiger partial charge in [-0.1, -0.05) is 0 Å². The van der Waals surface area contributed by atoms with Crippen LogP contribution in [0.2, 0.25) is 0 Å². The molecule has 0 aliphatic carbocycles. The summed E-state index contributed by atoms with van der Waals surface area (Å²) in [6.07, 6.45) is 2.65. The van der Waals surface area contributed by atoms with Gasteiger partial charge in [0.05, 0.1) is 26.9 Å². The van der Waals surface area contributed by atoms with Crippen LogP contribution in [-0.2, 0) is 9.47 Å². The maximum Gasteiger partial charge on any atom is 0.256 e. The Morgan fingerprint density at radius 1 is 1.42 bits per heavy atom. The Morgan fingerprint density at radius 3 is 2.96 bits per heavy atom. The standard InChI is InChI=1S/C17H25N3O4/c1-22-17-14(3-2-5-18-17)16(21)19-11-15(13-4-8-24-12-13)20-6-9-23-10-7-20/h2-3,5,13,15H,4,6-12H2,1H3,(H,19,21). The number of ether oxygens (including phenoxy) is 3. The number of methoxy groups -OCH3 is 1. The van der Waals surface area contributed by atoms with E-state index in [2.05, 4.69) is 15.2 Å². The number of carbonyl (C=O) groups excluding carboxylic acids is 1. The summed E-state index contributed by atoms with van der Waals surface area (Å²) >= 11 is 0. The molecule has 0 aromatic carbocycles. The maximum atomic E-state index is 12.5. The highest BCUT2D eigenvalue weighted by Gasteiger charge is 2.32. The quantitative estimate of drug-likeness (QED) is 0.819. The lowest BCUT2D eigenvalue weighted by molar-refractivity contribution is 0.00166. The zero-order valence-electron chi connectivity index (χ0n) is 14.1. The molecule has 1 N–H and O–H groups in total. The fourth-order valence-corrected chi connectivity index (χ4v) is 3.38. The van der Waals surface area contributed by atoms with E-state index in [1.807, 2.05) is 0 Å². The van der Waals surface area contributed by atoms with Crippen LogP contribution < -0.4 is 10.1 Å². The van der Waals surface area contributed by atoms with E-state index in [-0.39, 0.29) is 11.9 Å². The maximum absolute atomic E-state index is 12.5. The van der Waals surface area contributed by atoms with Crippen molar-refractivity contribution in [3.05, 3.63) is 23.9 Å². The first kappa shape index (κ1) is 17.1. The highest BCUT2D eigenvalue weighted by Crippen LogP contribution is 2.22. The van der Waals surface area contributed by atoms with Crippen molar-refractivity contribution in [2.75, 3.05) is 53.2 Å². The van der Waals surface area contributed by atoms with Gasteiger partial charge in [0, 0.05) is 44.4 Å². The van der Waals surface area contributed by atoms with Gasteiger partial charge in [0.2, 0.25) is 5.88 Å². The number of morpholine rings is 1. The first-order valence-corrected chi connectivity index (χ1v) is 8.46. The molecule has 7 nitrogen and oxygen atoms in total. The average molecular weight is 335 g/mol. The number of amides is 1. The first-order valence-electron chi connectivity index (χ1n) is 8.46. The van der Waals surface area contributed by atoms with E-state index in [1.165, 1.54) is 7.11 Å². The number of rotatable bonds is 6. The van der Waals surface area contributed by atoms with Crippen LogP contribution in [-0.4, -0.2) is 75.0 Å². The van der Waals surface area contributed by atoms with Crippen LogP contribution in [0.1, 0.15) is 16.8 Å². The van der Waals surface area contributed by atoms with Crippen molar-refractivity contribution >= 4 is 5.91 Å². The molecule has 2 unspecified atom stereocenters. The molecule has 7 heteroatoms. The molecule has 0 radical (unpaired) electrons. The predicted octanol–water partition coefficient (Wildman–Crippen LogP) is 0.557. The summed E-state index contributed by atoms with van der Waals surface area (Å²) in [5.74, 6) is 0.637. The molecular formula is C17H25N3O4. The van der Waals surface area contributed by atoms with Crippen molar-refractivity contribution in [2.24, 2.45) is 5.92 Å². The molecule has 0 spiro atoms. The number of carbonyl (C=O) groups is 1. The van der Waals surface area contributed by atoms with Crippen molar-refractivity contribution in [3.63, 3.8) is 0 Å². The van der Waals surface area contributed by atoms with E-state index in [0.717, 1.165) is 45.9 Å². The minimum atomic E-state index is -0.155. The summed E-state index contributed by atoms with van der Waals surface area (Å²) in [6, 6.07) is 3.73. The molecule has 2 aliphatic rings. The molecule has 2 atom stereocenters. The molecule has 1 aromatic heterocycles. The molecule has 24 heavy (non-hydrogen) atoms. The minimum Gasteiger partial charge on any atom is -0.480 e. The Balaban J connectivity index is 1.65. The monoisotopic (exact) mass is 335 g/mol. The Kier molecular flexibility index (Phi) is 6.01.